The van der Waals surface area contributed by atoms with Gasteiger partial charge in [-0.25, -0.2) is 9.07 Å². The summed E-state index contributed by atoms with van der Waals surface area (Å²) in [5.74, 6) is -0.0394. The van der Waals surface area contributed by atoms with Crippen LogP contribution in [0.5, 0.6) is 0 Å². The lowest BCUT2D eigenvalue weighted by atomic mass is 10.2. The van der Waals surface area contributed by atoms with E-state index >= 15 is 0 Å². The van der Waals surface area contributed by atoms with Crippen molar-refractivity contribution in [1.82, 2.24) is 30.1 Å². The maximum Gasteiger partial charge on any atom is 0.280 e. The molecule has 0 bridgehead atoms. The molecule has 6 rings (SSSR count). The quantitative estimate of drug-likeness (QED) is 0.645. The molecule has 1 aromatic carbocycles. The number of nitrogens with one attached hydrogen (secondary N) is 1. The summed E-state index contributed by atoms with van der Waals surface area (Å²) in [4.78, 5) is 29.3. The van der Waals surface area contributed by atoms with E-state index < -0.39 is 6.17 Å². The largest absolute Gasteiger partial charge is 0.329 e. The average Bonchev–Trinajstić information content (AvgIpc) is 3.22. The van der Waals surface area contributed by atoms with Gasteiger partial charge in [0, 0.05) is 30.3 Å². The first-order valence-corrected chi connectivity index (χ1v) is 11.4. The minimum Gasteiger partial charge on any atom is -0.329 e. The van der Waals surface area contributed by atoms with Gasteiger partial charge in [-0.1, -0.05) is 23.4 Å². The lowest BCUT2D eigenvalue weighted by Crippen LogP contribution is -2.38. The van der Waals surface area contributed by atoms with Crippen LogP contribution in [0.3, 0.4) is 0 Å². The second kappa shape index (κ2) is 7.79. The molecular weight excluding hydrogens is 425 g/mol. The van der Waals surface area contributed by atoms with Crippen molar-refractivity contribution in [3.8, 4) is 0 Å². The summed E-state index contributed by atoms with van der Waals surface area (Å²) in [6.45, 7) is 0.898. The fraction of sp³-hybridized carbons (Fsp3) is 0.435. The van der Waals surface area contributed by atoms with Crippen LogP contribution in [0.1, 0.15) is 57.4 Å². The first-order valence-electron chi connectivity index (χ1n) is 11.4. The number of benzene rings is 1. The number of carbonyl (C=O) groups is 2. The van der Waals surface area contributed by atoms with E-state index in [0.29, 0.717) is 18.2 Å². The fourth-order valence-corrected chi connectivity index (χ4v) is 4.87. The van der Waals surface area contributed by atoms with Gasteiger partial charge in [0.15, 0.2) is 5.69 Å². The molecule has 1 N–H and O–H groups in total. The van der Waals surface area contributed by atoms with Gasteiger partial charge in [0.25, 0.3) is 11.8 Å². The Hall–Kier alpha value is -3.56. The van der Waals surface area contributed by atoms with Gasteiger partial charge in [-0.3, -0.25) is 14.7 Å². The number of rotatable bonds is 5. The molecule has 2 aliphatic heterocycles. The predicted octanol–water partition coefficient (Wildman–Crippen LogP) is 2.33. The highest BCUT2D eigenvalue weighted by Gasteiger charge is 2.38. The number of carbonyl (C=O) groups excluding carboxylic acids is 2. The van der Waals surface area contributed by atoms with Gasteiger partial charge >= 0.3 is 0 Å². The Morgan fingerprint density at radius 1 is 1.15 bits per heavy atom. The summed E-state index contributed by atoms with van der Waals surface area (Å²) in [6, 6.07) is 9.22. The summed E-state index contributed by atoms with van der Waals surface area (Å²) < 4.78 is 15.8. The number of aromatic nitrogens is 5. The van der Waals surface area contributed by atoms with Gasteiger partial charge in [0.1, 0.15) is 11.9 Å². The van der Waals surface area contributed by atoms with Crippen LogP contribution in [0.4, 0.5) is 10.1 Å². The van der Waals surface area contributed by atoms with Gasteiger partial charge in [-0.15, -0.1) is 5.10 Å². The number of nitrogens with zero attached hydrogens (tertiary/aromatic N) is 6. The minimum absolute atomic E-state index is 0.0279. The normalized spacial score (nSPS) is 22.1. The van der Waals surface area contributed by atoms with E-state index in [1.54, 1.807) is 17.2 Å². The lowest BCUT2D eigenvalue weighted by Gasteiger charge is -2.23. The zero-order valence-corrected chi connectivity index (χ0v) is 18.0. The number of fused-ring (bicyclic) bond motifs is 1. The second-order valence-electron chi connectivity index (χ2n) is 9.09. The summed E-state index contributed by atoms with van der Waals surface area (Å²) in [7, 11) is 0. The van der Waals surface area contributed by atoms with Crippen LogP contribution in [0.15, 0.2) is 36.5 Å². The van der Waals surface area contributed by atoms with Crippen molar-refractivity contribution in [3.63, 3.8) is 0 Å². The van der Waals surface area contributed by atoms with Crippen molar-refractivity contribution in [3.05, 3.63) is 59.2 Å². The minimum atomic E-state index is -1.11. The van der Waals surface area contributed by atoms with Crippen LogP contribution < -0.4 is 4.90 Å². The topological polar surface area (TPSA) is 100 Å². The molecule has 2 amide bonds. The van der Waals surface area contributed by atoms with E-state index in [4.69, 9.17) is 0 Å². The lowest BCUT2D eigenvalue weighted by molar-refractivity contribution is 0.0708. The Bertz CT molecular complexity index is 1220. The number of aromatic amines is 1. The highest BCUT2D eigenvalue weighted by molar-refractivity contribution is 6.05. The number of anilines is 1. The molecule has 33 heavy (non-hydrogen) atoms. The number of halogens is 1. The Balaban J connectivity index is 1.16. The SMILES string of the molecule is O=C(c1cn(C[C@@H]2C[C@H](F)CN2C(=O)c2cc(C3CC3)[nH]n2)nn1)N1CCc2ccccc21. The van der Waals surface area contributed by atoms with E-state index in [-0.39, 0.29) is 43.1 Å². The molecule has 1 saturated heterocycles. The monoisotopic (exact) mass is 449 g/mol. The van der Waals surface area contributed by atoms with Crippen molar-refractivity contribution in [2.24, 2.45) is 0 Å². The van der Waals surface area contributed by atoms with Gasteiger partial charge in [-0.2, -0.15) is 5.10 Å². The molecule has 3 aromatic rings. The molecule has 9 nitrogen and oxygen atoms in total. The second-order valence-corrected chi connectivity index (χ2v) is 9.09. The van der Waals surface area contributed by atoms with E-state index in [1.807, 2.05) is 24.3 Å². The van der Waals surface area contributed by atoms with Gasteiger partial charge < -0.3 is 9.80 Å². The standard InChI is InChI=1S/C23H24FN7O2/c24-16-9-17(31(11-16)22(32)19-10-18(25-26-19)14-5-6-14)12-29-13-20(27-28-29)23(33)30-8-7-15-3-1-2-4-21(15)30/h1-4,10,13-14,16-17H,5-9,11-12H2,(H,25,26)/t16-,17-/m0/s1. The van der Waals surface area contributed by atoms with Gasteiger partial charge in [-0.05, 0) is 37.0 Å². The molecule has 10 heteroatoms. The first-order chi connectivity index (χ1) is 16.1. The van der Waals surface area contributed by atoms with Crippen molar-refractivity contribution >= 4 is 17.5 Å². The molecule has 4 heterocycles. The van der Waals surface area contributed by atoms with Crippen molar-refractivity contribution in [1.29, 1.82) is 0 Å². The molecule has 1 saturated carbocycles. The Labute approximate surface area is 189 Å². The van der Waals surface area contributed by atoms with Gasteiger partial charge in [0.05, 0.1) is 25.3 Å². The maximum atomic E-state index is 14.3. The zero-order valence-electron chi connectivity index (χ0n) is 18.0. The highest BCUT2D eigenvalue weighted by atomic mass is 19.1. The molecule has 2 atom stereocenters. The number of likely N-dealkylation sites (tertiary alicyclic amines) is 1. The van der Waals surface area contributed by atoms with Crippen LogP contribution >= 0.6 is 0 Å². The number of alkyl halides is 1. The van der Waals surface area contributed by atoms with E-state index in [9.17, 15) is 14.0 Å². The van der Waals surface area contributed by atoms with Crippen LogP contribution in [-0.2, 0) is 13.0 Å². The van der Waals surface area contributed by atoms with E-state index in [1.165, 1.54) is 9.58 Å². The highest BCUT2D eigenvalue weighted by Crippen LogP contribution is 2.39. The number of hydrogen-bond acceptors (Lipinski definition) is 5. The number of H-pyrrole nitrogens is 1. The number of hydrogen-bond donors (Lipinski definition) is 1. The molecule has 0 spiro atoms. The van der Waals surface area contributed by atoms with Gasteiger partial charge in [0.2, 0.25) is 0 Å². The number of amides is 2. The predicted molar refractivity (Wildman–Crippen MR) is 117 cm³/mol. The molecule has 2 fully saturated rings. The molecule has 0 unspecified atom stereocenters. The molecule has 2 aromatic heterocycles. The number of para-hydroxylation sites is 1. The summed E-state index contributed by atoms with van der Waals surface area (Å²) in [6.07, 6.45) is 3.70. The third-order valence-electron chi connectivity index (χ3n) is 6.75. The van der Waals surface area contributed by atoms with Crippen molar-refractivity contribution < 1.29 is 14.0 Å². The van der Waals surface area contributed by atoms with Crippen LogP contribution in [-0.4, -0.2) is 67.2 Å². The first kappa shape index (κ1) is 20.1. The maximum absolute atomic E-state index is 14.3. The third-order valence-corrected chi connectivity index (χ3v) is 6.75. The van der Waals surface area contributed by atoms with E-state index in [0.717, 1.165) is 36.2 Å². The smallest absolute Gasteiger partial charge is 0.280 e. The summed E-state index contributed by atoms with van der Waals surface area (Å²) in [5.41, 5.74) is 3.55. The molecule has 3 aliphatic rings. The van der Waals surface area contributed by atoms with Crippen LogP contribution in [0.25, 0.3) is 0 Å². The van der Waals surface area contributed by atoms with Crippen LogP contribution in [0.2, 0.25) is 0 Å². The molecular formula is C23H24FN7O2. The van der Waals surface area contributed by atoms with Crippen molar-refractivity contribution in [2.45, 2.75) is 50.4 Å². The Morgan fingerprint density at radius 3 is 2.85 bits per heavy atom. The van der Waals surface area contributed by atoms with E-state index in [2.05, 4.69) is 20.5 Å². The summed E-state index contributed by atoms with van der Waals surface area (Å²) in [5, 5.41) is 15.2. The Kier molecular flexibility index (Phi) is 4.74. The average molecular weight is 449 g/mol. The molecule has 170 valence electrons. The van der Waals surface area contributed by atoms with Crippen LogP contribution in [0, 0.1) is 0 Å². The zero-order chi connectivity index (χ0) is 22.5. The molecule has 0 radical (unpaired) electrons. The van der Waals surface area contributed by atoms with Crippen molar-refractivity contribution in [2.75, 3.05) is 18.0 Å². The summed E-state index contributed by atoms with van der Waals surface area (Å²) >= 11 is 0. The fourth-order valence-electron chi connectivity index (χ4n) is 4.87. The third kappa shape index (κ3) is 3.69. The Morgan fingerprint density at radius 2 is 2.00 bits per heavy atom. The molecule has 1 aliphatic carbocycles.